The Kier molecular flexibility index (Phi) is 4.84. The molecule has 0 radical (unpaired) electrons. The van der Waals surface area contributed by atoms with Gasteiger partial charge in [-0.1, -0.05) is 12.1 Å². The first-order chi connectivity index (χ1) is 8.80. The van der Waals surface area contributed by atoms with Crippen molar-refractivity contribution in [3.8, 4) is 11.8 Å². The lowest BCUT2D eigenvalue weighted by molar-refractivity contribution is -0.0435. The maximum Gasteiger partial charge on any atom is 0.501 e. The van der Waals surface area contributed by atoms with Crippen molar-refractivity contribution in [2.75, 3.05) is 11.9 Å². The molecule has 1 aromatic carbocycles. The number of anilines is 1. The highest BCUT2D eigenvalue weighted by Crippen LogP contribution is 2.34. The molecule has 0 spiro atoms. The summed E-state index contributed by atoms with van der Waals surface area (Å²) in [4.78, 5) is -0.771. The summed E-state index contributed by atoms with van der Waals surface area (Å²) in [5, 5.41) is 2.64. The summed E-state index contributed by atoms with van der Waals surface area (Å²) < 4.78 is 60.3. The smallest absolute Gasteiger partial charge is 0.383 e. The normalized spacial score (nSPS) is 11.6. The molecule has 0 bridgehead atoms. The zero-order valence-corrected chi connectivity index (χ0v) is 10.9. The number of alkyl halides is 3. The van der Waals surface area contributed by atoms with Gasteiger partial charge in [0.2, 0.25) is 0 Å². The van der Waals surface area contributed by atoms with Gasteiger partial charge in [-0.2, -0.15) is 13.2 Å². The third-order valence-corrected chi connectivity index (χ3v) is 3.77. The van der Waals surface area contributed by atoms with Gasteiger partial charge in [0.25, 0.3) is 9.84 Å². The maximum absolute atomic E-state index is 12.5. The van der Waals surface area contributed by atoms with Crippen LogP contribution in [0.1, 0.15) is 13.3 Å². The van der Waals surface area contributed by atoms with E-state index in [1.54, 1.807) is 6.92 Å². The molecule has 0 atom stereocenters. The van der Waals surface area contributed by atoms with Crippen LogP contribution in [0.2, 0.25) is 0 Å². The van der Waals surface area contributed by atoms with Crippen molar-refractivity contribution in [3.05, 3.63) is 24.3 Å². The fourth-order valence-electron chi connectivity index (χ4n) is 1.36. The standard InChI is InChI=1S/C12H12F3NO2S/c1-2-3-6-9-16-10-7-4-5-8-11(10)19(17,18)12(13,14)15/h4-5,7-8,16H,6,9H2,1H3. The fourth-order valence-corrected chi connectivity index (χ4v) is 2.29. The Morgan fingerprint density at radius 3 is 2.47 bits per heavy atom. The number of benzene rings is 1. The predicted octanol–water partition coefficient (Wildman–Crippen LogP) is 2.81. The highest BCUT2D eigenvalue weighted by atomic mass is 32.2. The Hall–Kier alpha value is -1.68. The summed E-state index contributed by atoms with van der Waals surface area (Å²) in [5.41, 5.74) is -5.38. The highest BCUT2D eigenvalue weighted by molar-refractivity contribution is 7.92. The minimum atomic E-state index is -5.35. The van der Waals surface area contributed by atoms with E-state index in [4.69, 9.17) is 0 Å². The second kappa shape index (κ2) is 5.97. The van der Waals surface area contributed by atoms with Crippen LogP contribution in [0, 0.1) is 11.8 Å². The van der Waals surface area contributed by atoms with Gasteiger partial charge in [0, 0.05) is 13.0 Å². The predicted molar refractivity (Wildman–Crippen MR) is 66.2 cm³/mol. The van der Waals surface area contributed by atoms with Crippen LogP contribution in [-0.2, 0) is 9.84 Å². The van der Waals surface area contributed by atoms with Crippen LogP contribution in [0.15, 0.2) is 29.2 Å². The average Bonchev–Trinajstić information content (AvgIpc) is 2.34. The monoisotopic (exact) mass is 291 g/mol. The van der Waals surface area contributed by atoms with Gasteiger partial charge in [-0.25, -0.2) is 8.42 Å². The lowest BCUT2D eigenvalue weighted by atomic mass is 10.3. The summed E-state index contributed by atoms with van der Waals surface area (Å²) in [6.07, 6.45) is 0.414. The molecular weight excluding hydrogens is 279 g/mol. The van der Waals surface area contributed by atoms with Crippen molar-refractivity contribution in [1.82, 2.24) is 0 Å². The molecule has 0 fully saturated rings. The molecule has 0 amide bonds. The van der Waals surface area contributed by atoms with Gasteiger partial charge in [0.15, 0.2) is 0 Å². The van der Waals surface area contributed by atoms with Crippen LogP contribution in [0.5, 0.6) is 0 Å². The molecule has 0 heterocycles. The molecule has 104 valence electrons. The zero-order chi connectivity index (χ0) is 14.5. The molecule has 0 aromatic heterocycles. The summed E-state index contributed by atoms with van der Waals surface area (Å²) in [5.74, 6) is 5.36. The van der Waals surface area contributed by atoms with Gasteiger partial charge in [0.05, 0.1) is 10.6 Å². The molecule has 19 heavy (non-hydrogen) atoms. The summed E-state index contributed by atoms with van der Waals surface area (Å²) >= 11 is 0. The minimum absolute atomic E-state index is 0.0715. The number of sulfone groups is 1. The second-order valence-corrected chi connectivity index (χ2v) is 5.46. The Labute approximate surface area is 109 Å². The van der Waals surface area contributed by atoms with Crippen LogP contribution < -0.4 is 5.32 Å². The maximum atomic E-state index is 12.5. The second-order valence-electron chi connectivity index (χ2n) is 3.55. The molecule has 0 aliphatic rings. The summed E-state index contributed by atoms with van der Waals surface area (Å²) in [6.45, 7) is 1.91. The molecule has 1 N–H and O–H groups in total. The minimum Gasteiger partial charge on any atom is -0.383 e. The van der Waals surface area contributed by atoms with Crippen molar-refractivity contribution >= 4 is 15.5 Å². The number of para-hydroxylation sites is 1. The van der Waals surface area contributed by atoms with Crippen molar-refractivity contribution in [3.63, 3.8) is 0 Å². The number of hydrogen-bond donors (Lipinski definition) is 1. The number of halogens is 3. The topological polar surface area (TPSA) is 46.2 Å². The number of nitrogens with one attached hydrogen (secondary N) is 1. The Balaban J connectivity index is 3.05. The van der Waals surface area contributed by atoms with E-state index in [-0.39, 0.29) is 12.2 Å². The van der Waals surface area contributed by atoms with Crippen LogP contribution in [0.25, 0.3) is 0 Å². The quantitative estimate of drug-likeness (QED) is 0.685. The van der Waals surface area contributed by atoms with Crippen LogP contribution in [-0.4, -0.2) is 20.5 Å². The van der Waals surface area contributed by atoms with Crippen molar-refractivity contribution in [2.24, 2.45) is 0 Å². The third-order valence-electron chi connectivity index (χ3n) is 2.22. The van der Waals surface area contributed by atoms with E-state index in [1.807, 2.05) is 0 Å². The van der Waals surface area contributed by atoms with E-state index >= 15 is 0 Å². The van der Waals surface area contributed by atoms with E-state index in [0.29, 0.717) is 6.42 Å². The van der Waals surface area contributed by atoms with Crippen LogP contribution >= 0.6 is 0 Å². The van der Waals surface area contributed by atoms with Gasteiger partial charge in [-0.15, -0.1) is 11.8 Å². The van der Waals surface area contributed by atoms with Crippen molar-refractivity contribution in [1.29, 1.82) is 0 Å². The summed E-state index contributed by atoms with van der Waals surface area (Å²) in [6, 6.07) is 4.92. The lowest BCUT2D eigenvalue weighted by Crippen LogP contribution is -2.24. The summed E-state index contributed by atoms with van der Waals surface area (Å²) in [7, 11) is -5.35. The van der Waals surface area contributed by atoms with Gasteiger partial charge in [0.1, 0.15) is 0 Å². The highest BCUT2D eigenvalue weighted by Gasteiger charge is 2.47. The zero-order valence-electron chi connectivity index (χ0n) is 10.1. The molecule has 7 heteroatoms. The van der Waals surface area contributed by atoms with Crippen LogP contribution in [0.4, 0.5) is 18.9 Å². The first-order valence-corrected chi connectivity index (χ1v) is 6.83. The van der Waals surface area contributed by atoms with E-state index < -0.39 is 20.2 Å². The van der Waals surface area contributed by atoms with Gasteiger partial charge < -0.3 is 5.32 Å². The third kappa shape index (κ3) is 3.64. The molecule has 0 aliphatic heterocycles. The van der Waals surface area contributed by atoms with Gasteiger partial charge >= 0.3 is 5.51 Å². The Morgan fingerprint density at radius 1 is 1.26 bits per heavy atom. The molecule has 0 saturated carbocycles. The SMILES string of the molecule is CC#CCCNc1ccccc1S(=O)(=O)C(F)(F)F. The number of rotatable bonds is 4. The lowest BCUT2D eigenvalue weighted by Gasteiger charge is -2.13. The Morgan fingerprint density at radius 2 is 1.89 bits per heavy atom. The molecule has 1 rings (SSSR count). The van der Waals surface area contributed by atoms with E-state index in [2.05, 4.69) is 17.2 Å². The van der Waals surface area contributed by atoms with Gasteiger partial charge in [-0.05, 0) is 19.1 Å². The number of hydrogen-bond acceptors (Lipinski definition) is 3. The molecule has 1 aromatic rings. The first-order valence-electron chi connectivity index (χ1n) is 5.34. The average molecular weight is 291 g/mol. The Bertz CT molecular complexity index is 597. The van der Waals surface area contributed by atoms with Gasteiger partial charge in [-0.3, -0.25) is 0 Å². The molecule has 0 unspecified atom stereocenters. The fraction of sp³-hybridized carbons (Fsp3) is 0.333. The van der Waals surface area contributed by atoms with Crippen molar-refractivity contribution in [2.45, 2.75) is 23.7 Å². The van der Waals surface area contributed by atoms with E-state index in [9.17, 15) is 21.6 Å². The molecular formula is C12H12F3NO2S. The largest absolute Gasteiger partial charge is 0.501 e. The first kappa shape index (κ1) is 15.4. The van der Waals surface area contributed by atoms with E-state index in [0.717, 1.165) is 6.07 Å². The van der Waals surface area contributed by atoms with Crippen LogP contribution in [0.3, 0.4) is 0 Å². The molecule has 3 nitrogen and oxygen atoms in total. The molecule has 0 aliphatic carbocycles. The van der Waals surface area contributed by atoms with E-state index in [1.165, 1.54) is 18.2 Å². The molecule has 0 saturated heterocycles. The van der Waals surface area contributed by atoms with Crippen molar-refractivity contribution < 1.29 is 21.6 Å².